The molecule has 0 spiro atoms. The highest BCUT2D eigenvalue weighted by Crippen LogP contribution is 2.30. The Morgan fingerprint density at radius 3 is 2.81 bits per heavy atom. The Hall–Kier alpha value is -2.02. The minimum atomic E-state index is -0.903. The fraction of sp³-hybridized carbons (Fsp3) is 0.600. The van der Waals surface area contributed by atoms with Crippen molar-refractivity contribution in [2.45, 2.75) is 45.2 Å². The lowest BCUT2D eigenvalue weighted by molar-refractivity contribution is -0.139. The van der Waals surface area contributed by atoms with Crippen LogP contribution in [0, 0.1) is 17.6 Å². The second kappa shape index (κ2) is 8.78. The number of nitrogens with one attached hydrogen (secondary N) is 1. The van der Waals surface area contributed by atoms with E-state index >= 15 is 0 Å². The summed E-state index contributed by atoms with van der Waals surface area (Å²) in [5.74, 6) is -1.49. The fourth-order valence-corrected chi connectivity index (χ4v) is 3.56. The van der Waals surface area contributed by atoms with Crippen LogP contribution in [0.4, 0.5) is 8.78 Å². The average Bonchev–Trinajstić information content (AvgIpc) is 3.45. The molecule has 0 unspecified atom stereocenters. The normalized spacial score (nSPS) is 20.4. The van der Waals surface area contributed by atoms with Gasteiger partial charge in [-0.3, -0.25) is 14.5 Å². The summed E-state index contributed by atoms with van der Waals surface area (Å²) in [6, 6.07) is 3.38. The van der Waals surface area contributed by atoms with E-state index in [4.69, 9.17) is 0 Å². The maximum Gasteiger partial charge on any atom is 0.237 e. The molecule has 1 saturated heterocycles. The van der Waals surface area contributed by atoms with Crippen LogP contribution in [0.5, 0.6) is 0 Å². The zero-order chi connectivity index (χ0) is 19.4. The minimum absolute atomic E-state index is 0.0458. The molecule has 1 N–H and O–H groups in total. The zero-order valence-corrected chi connectivity index (χ0v) is 15.7. The van der Waals surface area contributed by atoms with Crippen molar-refractivity contribution in [1.82, 2.24) is 15.1 Å². The molecule has 7 heteroatoms. The topological polar surface area (TPSA) is 52.7 Å². The Balaban J connectivity index is 1.70. The van der Waals surface area contributed by atoms with Gasteiger partial charge in [0.2, 0.25) is 11.8 Å². The van der Waals surface area contributed by atoms with Gasteiger partial charge in [-0.2, -0.15) is 0 Å². The van der Waals surface area contributed by atoms with Crippen LogP contribution >= 0.6 is 0 Å². The van der Waals surface area contributed by atoms with E-state index < -0.39 is 17.7 Å². The first kappa shape index (κ1) is 19.7. The van der Waals surface area contributed by atoms with Crippen LogP contribution in [0.25, 0.3) is 0 Å². The number of amides is 2. The molecular formula is C20H27F2N3O2. The quantitative estimate of drug-likeness (QED) is 0.754. The predicted molar refractivity (Wildman–Crippen MR) is 97.8 cm³/mol. The van der Waals surface area contributed by atoms with Gasteiger partial charge >= 0.3 is 0 Å². The molecule has 2 aliphatic rings. The standard InChI is InChI=1S/C20H27F2N3O2/c1-2-9-25(12-14-6-7-14)18(26)11-17-20(27)23-8-10-24(17)13-15-4-3-5-16(21)19(15)22/h3-5,14,17H,2,6-13H2,1H3,(H,23,27)/t17-/m1/s1. The van der Waals surface area contributed by atoms with Gasteiger partial charge < -0.3 is 10.2 Å². The summed E-state index contributed by atoms with van der Waals surface area (Å²) in [6.07, 6.45) is 3.24. The maximum atomic E-state index is 14.0. The van der Waals surface area contributed by atoms with Gasteiger partial charge in [0.05, 0.1) is 12.5 Å². The lowest BCUT2D eigenvalue weighted by Crippen LogP contribution is -2.56. The monoisotopic (exact) mass is 379 g/mol. The van der Waals surface area contributed by atoms with Gasteiger partial charge in [-0.1, -0.05) is 19.1 Å². The number of carbonyl (C=O) groups is 2. The SMILES string of the molecule is CCCN(CC1CC1)C(=O)C[C@@H]1C(=O)NCCN1Cc1cccc(F)c1F. The number of halogens is 2. The first-order valence-corrected chi connectivity index (χ1v) is 9.72. The third kappa shape index (κ3) is 5.03. The molecule has 1 saturated carbocycles. The van der Waals surface area contributed by atoms with Crippen molar-refractivity contribution < 1.29 is 18.4 Å². The summed E-state index contributed by atoms with van der Waals surface area (Å²) in [5, 5.41) is 2.78. The summed E-state index contributed by atoms with van der Waals surface area (Å²) in [7, 11) is 0. The van der Waals surface area contributed by atoms with Gasteiger partial charge in [0.25, 0.3) is 0 Å². The molecule has 1 aromatic rings. The van der Waals surface area contributed by atoms with Crippen molar-refractivity contribution in [2.75, 3.05) is 26.2 Å². The number of hydrogen-bond acceptors (Lipinski definition) is 3. The molecule has 3 rings (SSSR count). The van der Waals surface area contributed by atoms with Gasteiger partial charge in [0.1, 0.15) is 0 Å². The van der Waals surface area contributed by atoms with Crippen molar-refractivity contribution in [2.24, 2.45) is 5.92 Å². The molecule has 0 radical (unpaired) electrons. The highest BCUT2D eigenvalue weighted by molar-refractivity contribution is 5.88. The Bertz CT molecular complexity index is 694. The van der Waals surface area contributed by atoms with Crippen LogP contribution in [0.2, 0.25) is 0 Å². The van der Waals surface area contributed by atoms with Crippen molar-refractivity contribution in [3.8, 4) is 0 Å². The summed E-state index contributed by atoms with van der Waals surface area (Å²) < 4.78 is 27.5. The number of rotatable bonds is 8. The van der Waals surface area contributed by atoms with Crippen molar-refractivity contribution in [3.05, 3.63) is 35.4 Å². The van der Waals surface area contributed by atoms with Crippen LogP contribution in [-0.2, 0) is 16.1 Å². The Kier molecular flexibility index (Phi) is 6.42. The second-order valence-corrected chi connectivity index (χ2v) is 7.48. The van der Waals surface area contributed by atoms with E-state index in [0.717, 1.165) is 31.9 Å². The molecule has 1 aromatic carbocycles. The lowest BCUT2D eigenvalue weighted by Gasteiger charge is -2.36. The lowest BCUT2D eigenvalue weighted by atomic mass is 10.1. The van der Waals surface area contributed by atoms with Crippen LogP contribution in [-0.4, -0.2) is 53.8 Å². The molecule has 0 aromatic heterocycles. The first-order chi connectivity index (χ1) is 13.0. The van der Waals surface area contributed by atoms with Crippen molar-refractivity contribution in [1.29, 1.82) is 0 Å². The number of hydrogen-bond donors (Lipinski definition) is 1. The molecule has 0 bridgehead atoms. The summed E-state index contributed by atoms with van der Waals surface area (Å²) in [4.78, 5) is 28.8. The number of carbonyl (C=O) groups excluding carboxylic acids is 2. The van der Waals surface area contributed by atoms with Gasteiger partial charge in [-0.05, 0) is 31.2 Å². The van der Waals surface area contributed by atoms with E-state index in [1.807, 2.05) is 11.8 Å². The second-order valence-electron chi connectivity index (χ2n) is 7.48. The van der Waals surface area contributed by atoms with Gasteiger partial charge in [-0.15, -0.1) is 0 Å². The van der Waals surface area contributed by atoms with Crippen LogP contribution in [0.3, 0.4) is 0 Å². The molecular weight excluding hydrogens is 352 g/mol. The Labute approximate surface area is 158 Å². The smallest absolute Gasteiger partial charge is 0.237 e. The van der Waals surface area contributed by atoms with E-state index in [0.29, 0.717) is 25.6 Å². The minimum Gasteiger partial charge on any atom is -0.353 e. The fourth-order valence-electron chi connectivity index (χ4n) is 3.56. The summed E-state index contributed by atoms with van der Waals surface area (Å²) in [6.45, 7) is 4.49. The summed E-state index contributed by atoms with van der Waals surface area (Å²) in [5.41, 5.74) is 0.200. The van der Waals surface area contributed by atoms with Crippen LogP contribution < -0.4 is 5.32 Å². The summed E-state index contributed by atoms with van der Waals surface area (Å²) >= 11 is 0. The van der Waals surface area contributed by atoms with Crippen molar-refractivity contribution >= 4 is 11.8 Å². The first-order valence-electron chi connectivity index (χ1n) is 9.72. The molecule has 1 aliphatic heterocycles. The van der Waals surface area contributed by atoms with Crippen LogP contribution in [0.15, 0.2) is 18.2 Å². The number of benzene rings is 1. The van der Waals surface area contributed by atoms with E-state index in [1.165, 1.54) is 12.1 Å². The highest BCUT2D eigenvalue weighted by Gasteiger charge is 2.34. The van der Waals surface area contributed by atoms with E-state index in [1.54, 1.807) is 4.90 Å². The molecule has 148 valence electrons. The zero-order valence-electron chi connectivity index (χ0n) is 15.7. The molecule has 1 aliphatic carbocycles. The molecule has 2 amide bonds. The Morgan fingerprint density at radius 1 is 1.33 bits per heavy atom. The third-order valence-corrected chi connectivity index (χ3v) is 5.24. The van der Waals surface area contributed by atoms with Crippen molar-refractivity contribution in [3.63, 3.8) is 0 Å². The van der Waals surface area contributed by atoms with Crippen LogP contribution in [0.1, 0.15) is 38.2 Å². The third-order valence-electron chi connectivity index (χ3n) is 5.24. The number of nitrogens with zero attached hydrogens (tertiary/aromatic N) is 2. The average molecular weight is 379 g/mol. The molecule has 1 atom stereocenters. The Morgan fingerprint density at radius 2 is 2.11 bits per heavy atom. The van der Waals surface area contributed by atoms with E-state index in [9.17, 15) is 18.4 Å². The molecule has 2 fully saturated rings. The molecule has 27 heavy (non-hydrogen) atoms. The van der Waals surface area contributed by atoms with E-state index in [-0.39, 0.29) is 30.3 Å². The van der Waals surface area contributed by atoms with Gasteiger partial charge in [0.15, 0.2) is 11.6 Å². The molecule has 1 heterocycles. The highest BCUT2D eigenvalue weighted by atomic mass is 19.2. The van der Waals surface area contributed by atoms with Gasteiger partial charge in [0, 0.05) is 38.3 Å². The largest absolute Gasteiger partial charge is 0.353 e. The predicted octanol–water partition coefficient (Wildman–Crippen LogP) is 2.30. The van der Waals surface area contributed by atoms with E-state index in [2.05, 4.69) is 5.32 Å². The van der Waals surface area contributed by atoms with Gasteiger partial charge in [-0.25, -0.2) is 8.78 Å². The maximum absolute atomic E-state index is 14.0. The number of piperazine rings is 1. The molecule has 5 nitrogen and oxygen atoms in total.